The van der Waals surface area contributed by atoms with Gasteiger partial charge in [-0.25, -0.2) is 9.59 Å². The van der Waals surface area contributed by atoms with E-state index in [2.05, 4.69) is 5.32 Å². The normalized spacial score (nSPS) is 10.6. The van der Waals surface area contributed by atoms with Gasteiger partial charge in [0.2, 0.25) is 0 Å². The first-order chi connectivity index (χ1) is 12.0. The zero-order valence-corrected chi connectivity index (χ0v) is 12.9. The second kappa shape index (κ2) is 6.91. The summed E-state index contributed by atoms with van der Waals surface area (Å²) < 4.78 is 15.3. The fraction of sp³-hybridized carbons (Fsp3) is 0.118. The molecule has 0 radical (unpaired) electrons. The minimum Gasteiger partial charge on any atom is -0.482 e. The van der Waals surface area contributed by atoms with Gasteiger partial charge in [0.25, 0.3) is 5.91 Å². The molecule has 3 aromatic rings. The topological polar surface area (TPSA) is 119 Å². The van der Waals surface area contributed by atoms with Crippen LogP contribution in [0.5, 0.6) is 5.75 Å². The summed E-state index contributed by atoms with van der Waals surface area (Å²) in [5.41, 5.74) is -0.756. The van der Waals surface area contributed by atoms with Crippen LogP contribution in [-0.4, -0.2) is 23.6 Å². The van der Waals surface area contributed by atoms with E-state index in [0.717, 1.165) is 0 Å². The number of carboxylic acid groups (broad SMARTS) is 1. The molecule has 2 heterocycles. The smallest absolute Gasteiger partial charge is 0.349 e. The predicted octanol–water partition coefficient (Wildman–Crippen LogP) is 1.78. The number of carbonyl (C=O) groups is 2. The van der Waals surface area contributed by atoms with Crippen molar-refractivity contribution in [3.05, 3.63) is 64.4 Å². The third-order valence-electron chi connectivity index (χ3n) is 3.32. The average Bonchev–Trinajstić information content (AvgIpc) is 3.10. The maximum Gasteiger partial charge on any atom is 0.349 e. The van der Waals surface area contributed by atoms with Crippen LogP contribution < -0.4 is 15.7 Å². The van der Waals surface area contributed by atoms with Gasteiger partial charge >= 0.3 is 11.6 Å². The molecule has 25 heavy (non-hydrogen) atoms. The number of ether oxygens (including phenoxy) is 1. The third-order valence-corrected chi connectivity index (χ3v) is 3.32. The highest BCUT2D eigenvalue weighted by atomic mass is 16.5. The van der Waals surface area contributed by atoms with Gasteiger partial charge in [0.15, 0.2) is 6.61 Å². The fourth-order valence-electron chi connectivity index (χ4n) is 2.16. The van der Waals surface area contributed by atoms with Crippen LogP contribution in [0.2, 0.25) is 0 Å². The Morgan fingerprint density at radius 1 is 1.20 bits per heavy atom. The third kappa shape index (κ3) is 3.86. The van der Waals surface area contributed by atoms with Crippen LogP contribution in [-0.2, 0) is 11.3 Å². The van der Waals surface area contributed by atoms with Crippen molar-refractivity contribution in [1.82, 2.24) is 5.32 Å². The lowest BCUT2D eigenvalue weighted by atomic mass is 10.1. The lowest BCUT2D eigenvalue weighted by Gasteiger charge is -2.06. The highest BCUT2D eigenvalue weighted by Gasteiger charge is 2.14. The van der Waals surface area contributed by atoms with Gasteiger partial charge in [0.1, 0.15) is 22.7 Å². The monoisotopic (exact) mass is 343 g/mol. The molecule has 0 bridgehead atoms. The second-order valence-electron chi connectivity index (χ2n) is 5.09. The van der Waals surface area contributed by atoms with E-state index in [9.17, 15) is 14.4 Å². The molecule has 3 rings (SSSR count). The molecule has 2 aromatic heterocycles. The number of hydrogen-bond acceptors (Lipinski definition) is 6. The Morgan fingerprint density at radius 2 is 2.04 bits per heavy atom. The van der Waals surface area contributed by atoms with Crippen molar-refractivity contribution in [2.75, 3.05) is 6.61 Å². The molecule has 0 aliphatic rings. The Labute approximate surface area is 140 Å². The van der Waals surface area contributed by atoms with Crippen molar-refractivity contribution in [2.24, 2.45) is 0 Å². The zero-order chi connectivity index (χ0) is 17.8. The van der Waals surface area contributed by atoms with Crippen LogP contribution in [0.4, 0.5) is 0 Å². The minimum atomic E-state index is -1.12. The quantitative estimate of drug-likeness (QED) is 0.655. The molecular weight excluding hydrogens is 330 g/mol. The van der Waals surface area contributed by atoms with Crippen LogP contribution in [0, 0.1) is 0 Å². The van der Waals surface area contributed by atoms with Crippen LogP contribution in [0.25, 0.3) is 11.0 Å². The largest absolute Gasteiger partial charge is 0.482 e. The molecule has 0 atom stereocenters. The number of amides is 1. The standard InChI is InChI=1S/C17H13NO7/c19-15(20)9-24-11-4-3-10-6-13(17(22)25-14(10)7-11)16(21)18-8-12-2-1-5-23-12/h1-7H,8-9H2,(H,18,21)(H,19,20). The number of carboxylic acids is 1. The molecule has 128 valence electrons. The van der Waals surface area contributed by atoms with Crippen molar-refractivity contribution in [3.63, 3.8) is 0 Å². The molecule has 8 heteroatoms. The van der Waals surface area contributed by atoms with Gasteiger partial charge in [-0.3, -0.25) is 4.79 Å². The van der Waals surface area contributed by atoms with Gasteiger partial charge in [0, 0.05) is 11.5 Å². The number of rotatable bonds is 6. The zero-order valence-electron chi connectivity index (χ0n) is 12.9. The Kier molecular flexibility index (Phi) is 4.51. The molecule has 0 unspecified atom stereocenters. The van der Waals surface area contributed by atoms with Crippen LogP contribution in [0.1, 0.15) is 16.1 Å². The summed E-state index contributed by atoms with van der Waals surface area (Å²) in [6.07, 6.45) is 1.48. The van der Waals surface area contributed by atoms with Gasteiger partial charge in [-0.2, -0.15) is 0 Å². The van der Waals surface area contributed by atoms with E-state index in [0.29, 0.717) is 11.1 Å². The van der Waals surface area contributed by atoms with Gasteiger partial charge in [-0.05, 0) is 30.3 Å². The summed E-state index contributed by atoms with van der Waals surface area (Å²) in [6.45, 7) is -0.367. The van der Waals surface area contributed by atoms with E-state index < -0.39 is 24.1 Å². The lowest BCUT2D eigenvalue weighted by Crippen LogP contribution is -2.27. The summed E-state index contributed by atoms with van der Waals surface area (Å²) in [7, 11) is 0. The van der Waals surface area contributed by atoms with Crippen molar-refractivity contribution >= 4 is 22.8 Å². The molecular formula is C17H13NO7. The highest BCUT2D eigenvalue weighted by Crippen LogP contribution is 2.20. The summed E-state index contributed by atoms with van der Waals surface area (Å²) in [6, 6.07) is 9.27. The molecule has 1 amide bonds. The van der Waals surface area contributed by atoms with Crippen molar-refractivity contribution < 1.29 is 28.3 Å². The van der Waals surface area contributed by atoms with E-state index in [-0.39, 0.29) is 23.4 Å². The maximum atomic E-state index is 12.1. The van der Waals surface area contributed by atoms with Gasteiger partial charge in [-0.15, -0.1) is 0 Å². The Hall–Kier alpha value is -3.55. The molecule has 0 spiro atoms. The minimum absolute atomic E-state index is 0.140. The van der Waals surface area contributed by atoms with E-state index in [1.54, 1.807) is 18.2 Å². The first-order valence-electron chi connectivity index (χ1n) is 7.26. The van der Waals surface area contributed by atoms with Crippen molar-refractivity contribution in [2.45, 2.75) is 6.54 Å². The Balaban J connectivity index is 1.81. The van der Waals surface area contributed by atoms with E-state index in [1.165, 1.54) is 24.5 Å². The van der Waals surface area contributed by atoms with Gasteiger partial charge in [-0.1, -0.05) is 0 Å². The van der Waals surface area contributed by atoms with Crippen LogP contribution in [0.3, 0.4) is 0 Å². The fourth-order valence-corrected chi connectivity index (χ4v) is 2.16. The SMILES string of the molecule is O=C(O)COc1ccc2cc(C(=O)NCc3ccco3)c(=O)oc2c1. The number of benzene rings is 1. The predicted molar refractivity (Wildman–Crippen MR) is 85.5 cm³/mol. The molecule has 8 nitrogen and oxygen atoms in total. The summed E-state index contributed by atoms with van der Waals surface area (Å²) >= 11 is 0. The van der Waals surface area contributed by atoms with E-state index in [4.69, 9.17) is 18.7 Å². The average molecular weight is 343 g/mol. The summed E-state index contributed by atoms with van der Waals surface area (Å²) in [5, 5.41) is 11.7. The number of hydrogen-bond donors (Lipinski definition) is 2. The Bertz CT molecular complexity index is 972. The molecule has 0 aliphatic heterocycles. The number of nitrogens with one attached hydrogen (secondary N) is 1. The molecule has 2 N–H and O–H groups in total. The summed E-state index contributed by atoms with van der Waals surface area (Å²) in [5.74, 6) is -0.907. The van der Waals surface area contributed by atoms with Gasteiger partial charge in [0.05, 0.1) is 12.8 Å². The first kappa shape index (κ1) is 16.3. The van der Waals surface area contributed by atoms with Gasteiger partial charge < -0.3 is 24.0 Å². The number of carbonyl (C=O) groups excluding carboxylic acids is 1. The first-order valence-corrected chi connectivity index (χ1v) is 7.26. The highest BCUT2D eigenvalue weighted by molar-refractivity contribution is 5.96. The maximum absolute atomic E-state index is 12.1. The second-order valence-corrected chi connectivity index (χ2v) is 5.09. The van der Waals surface area contributed by atoms with Crippen LogP contribution in [0.15, 0.2) is 56.3 Å². The van der Waals surface area contributed by atoms with Crippen LogP contribution >= 0.6 is 0 Å². The van der Waals surface area contributed by atoms with Crippen molar-refractivity contribution in [1.29, 1.82) is 0 Å². The van der Waals surface area contributed by atoms with E-state index in [1.807, 2.05) is 0 Å². The number of aliphatic carboxylic acids is 1. The van der Waals surface area contributed by atoms with E-state index >= 15 is 0 Å². The lowest BCUT2D eigenvalue weighted by molar-refractivity contribution is -0.139. The molecule has 0 saturated heterocycles. The molecule has 0 aliphatic carbocycles. The Morgan fingerprint density at radius 3 is 2.76 bits per heavy atom. The number of fused-ring (bicyclic) bond motifs is 1. The summed E-state index contributed by atoms with van der Waals surface area (Å²) in [4.78, 5) is 34.7. The van der Waals surface area contributed by atoms with Crippen molar-refractivity contribution in [3.8, 4) is 5.75 Å². The molecule has 0 fully saturated rings. The molecule has 0 saturated carbocycles. The molecule has 1 aromatic carbocycles. The number of furan rings is 1.